The summed E-state index contributed by atoms with van der Waals surface area (Å²) in [6.07, 6.45) is 5.19. The van der Waals surface area contributed by atoms with Crippen molar-refractivity contribution in [2.24, 2.45) is 11.8 Å². The average molecular weight is 409 g/mol. The lowest BCUT2D eigenvalue weighted by atomic mass is 9.98. The highest BCUT2D eigenvalue weighted by Crippen LogP contribution is 2.33. The molecule has 2 aromatic rings. The molecule has 1 amide bonds. The van der Waals surface area contributed by atoms with Crippen LogP contribution in [0.25, 0.3) is 0 Å². The lowest BCUT2D eigenvalue weighted by Crippen LogP contribution is -2.30. The molecular weight excluding hydrogens is 379 g/mol. The van der Waals surface area contributed by atoms with Gasteiger partial charge in [-0.2, -0.15) is 0 Å². The Morgan fingerprint density at radius 3 is 2.57 bits per heavy atom. The Hall–Kier alpha value is -2.40. The van der Waals surface area contributed by atoms with E-state index in [4.69, 9.17) is 4.74 Å². The summed E-state index contributed by atoms with van der Waals surface area (Å²) in [6.45, 7) is 3.68. The van der Waals surface area contributed by atoms with E-state index in [-0.39, 0.29) is 17.6 Å². The van der Waals surface area contributed by atoms with Crippen molar-refractivity contribution >= 4 is 5.91 Å². The van der Waals surface area contributed by atoms with Crippen LogP contribution in [0.5, 0.6) is 5.75 Å². The van der Waals surface area contributed by atoms with Crippen molar-refractivity contribution in [3.63, 3.8) is 0 Å². The first-order valence-corrected chi connectivity index (χ1v) is 11.2. The van der Waals surface area contributed by atoms with Crippen LogP contribution in [0.3, 0.4) is 0 Å². The number of carbonyl (C=O) groups is 1. The number of hydrogen-bond acceptors (Lipinski definition) is 3. The van der Waals surface area contributed by atoms with E-state index in [1.54, 1.807) is 6.07 Å². The van der Waals surface area contributed by atoms with E-state index in [1.165, 1.54) is 18.4 Å². The lowest BCUT2D eigenvalue weighted by Gasteiger charge is -2.29. The third-order valence-corrected chi connectivity index (χ3v) is 6.39. The van der Waals surface area contributed by atoms with E-state index in [1.807, 2.05) is 6.07 Å². The number of benzene rings is 2. The predicted octanol–water partition coefficient (Wildman–Crippen LogP) is 4.20. The van der Waals surface area contributed by atoms with E-state index < -0.39 is 0 Å². The maximum Gasteiger partial charge on any atom is 0.223 e. The molecule has 1 N–H and O–H groups in total. The second-order valence-corrected chi connectivity index (χ2v) is 9.04. The summed E-state index contributed by atoms with van der Waals surface area (Å²) >= 11 is 0. The molecule has 2 fully saturated rings. The van der Waals surface area contributed by atoms with Crippen LogP contribution in [0, 0.1) is 17.7 Å². The number of halogens is 1. The van der Waals surface area contributed by atoms with Crippen LogP contribution >= 0.6 is 0 Å². The highest BCUT2D eigenvalue weighted by molar-refractivity contribution is 5.80. The second kappa shape index (κ2) is 8.38. The Bertz CT molecular complexity index is 919. The van der Waals surface area contributed by atoms with Crippen molar-refractivity contribution in [2.75, 3.05) is 13.2 Å². The van der Waals surface area contributed by atoms with Crippen molar-refractivity contribution in [3.05, 3.63) is 64.5 Å². The van der Waals surface area contributed by atoms with Gasteiger partial charge in [-0.05, 0) is 66.3 Å². The molecule has 5 heteroatoms. The quantitative estimate of drug-likeness (QED) is 0.712. The van der Waals surface area contributed by atoms with E-state index in [2.05, 4.69) is 34.5 Å². The highest BCUT2D eigenvalue weighted by Gasteiger charge is 2.29. The van der Waals surface area contributed by atoms with Gasteiger partial charge in [0, 0.05) is 32.1 Å². The first kappa shape index (κ1) is 19.6. The number of carbonyl (C=O) groups excluding carboxylic acids is 1. The van der Waals surface area contributed by atoms with Crippen molar-refractivity contribution in [1.29, 1.82) is 0 Å². The van der Waals surface area contributed by atoms with Gasteiger partial charge in [0.25, 0.3) is 0 Å². The summed E-state index contributed by atoms with van der Waals surface area (Å²) in [5.41, 5.74) is 4.25. The first-order chi connectivity index (χ1) is 14.7. The lowest BCUT2D eigenvalue weighted by molar-refractivity contribution is -0.122. The predicted molar refractivity (Wildman–Crippen MR) is 113 cm³/mol. The Labute approximate surface area is 177 Å². The van der Waals surface area contributed by atoms with E-state index in [0.29, 0.717) is 31.2 Å². The van der Waals surface area contributed by atoms with Crippen LogP contribution in [-0.2, 0) is 30.8 Å². The van der Waals surface area contributed by atoms with Gasteiger partial charge in [-0.3, -0.25) is 9.69 Å². The van der Waals surface area contributed by atoms with E-state index in [9.17, 15) is 9.18 Å². The van der Waals surface area contributed by atoms with Crippen LogP contribution in [0.15, 0.2) is 36.4 Å². The maximum atomic E-state index is 14.8. The van der Waals surface area contributed by atoms with Gasteiger partial charge < -0.3 is 10.1 Å². The minimum absolute atomic E-state index is 0.162. The van der Waals surface area contributed by atoms with Crippen molar-refractivity contribution in [3.8, 4) is 5.75 Å². The first-order valence-electron chi connectivity index (χ1n) is 11.2. The topological polar surface area (TPSA) is 41.6 Å². The fourth-order valence-corrected chi connectivity index (χ4v) is 4.09. The zero-order chi connectivity index (χ0) is 20.5. The monoisotopic (exact) mass is 408 g/mol. The third-order valence-electron chi connectivity index (χ3n) is 6.39. The summed E-state index contributed by atoms with van der Waals surface area (Å²) in [4.78, 5) is 14.1. The third kappa shape index (κ3) is 4.67. The van der Waals surface area contributed by atoms with Gasteiger partial charge in [0.1, 0.15) is 0 Å². The maximum absolute atomic E-state index is 14.8. The van der Waals surface area contributed by atoms with Crippen LogP contribution in [0.4, 0.5) is 4.39 Å². The fourth-order valence-electron chi connectivity index (χ4n) is 4.09. The molecule has 3 aliphatic rings. The van der Waals surface area contributed by atoms with E-state index in [0.717, 1.165) is 49.2 Å². The van der Waals surface area contributed by atoms with Gasteiger partial charge in [-0.1, -0.05) is 30.3 Å². The SMILES string of the molecule is O=C(NCc1ccc(CN2CCc3c(ccc(OCC4CC4)c3F)C2)cc1)C1CC1. The van der Waals surface area contributed by atoms with Gasteiger partial charge in [0.05, 0.1) is 6.61 Å². The normalized spacial score (nSPS) is 18.7. The van der Waals surface area contributed by atoms with Gasteiger partial charge >= 0.3 is 0 Å². The molecule has 0 atom stereocenters. The molecule has 4 nitrogen and oxygen atoms in total. The number of amides is 1. The number of fused-ring (bicyclic) bond motifs is 1. The summed E-state index contributed by atoms with van der Waals surface area (Å²) in [5, 5.41) is 3.01. The molecule has 0 aromatic heterocycles. The van der Waals surface area contributed by atoms with Crippen LogP contribution in [0.2, 0.25) is 0 Å². The molecule has 2 aliphatic carbocycles. The molecule has 1 heterocycles. The van der Waals surface area contributed by atoms with Crippen LogP contribution in [-0.4, -0.2) is 24.0 Å². The van der Waals surface area contributed by atoms with Crippen LogP contribution < -0.4 is 10.1 Å². The molecule has 158 valence electrons. The summed E-state index contributed by atoms with van der Waals surface area (Å²) in [6, 6.07) is 12.3. The molecule has 1 aliphatic heterocycles. The molecule has 0 spiro atoms. The van der Waals surface area contributed by atoms with Gasteiger partial charge in [-0.25, -0.2) is 4.39 Å². The number of ether oxygens (including phenoxy) is 1. The van der Waals surface area contributed by atoms with Crippen molar-refractivity contribution in [1.82, 2.24) is 10.2 Å². The summed E-state index contributed by atoms with van der Waals surface area (Å²) < 4.78 is 20.5. The zero-order valence-electron chi connectivity index (χ0n) is 17.3. The van der Waals surface area contributed by atoms with Gasteiger partial charge in [0.2, 0.25) is 5.91 Å². The van der Waals surface area contributed by atoms with E-state index >= 15 is 0 Å². The Kier molecular flexibility index (Phi) is 5.47. The minimum atomic E-state index is -0.162. The zero-order valence-corrected chi connectivity index (χ0v) is 17.3. The Morgan fingerprint density at radius 2 is 1.83 bits per heavy atom. The smallest absolute Gasteiger partial charge is 0.223 e. The Balaban J connectivity index is 1.16. The Morgan fingerprint density at radius 1 is 1.07 bits per heavy atom. The summed E-state index contributed by atoms with van der Waals surface area (Å²) in [5.74, 6) is 1.30. The molecule has 5 rings (SSSR count). The van der Waals surface area contributed by atoms with Crippen molar-refractivity contribution < 1.29 is 13.9 Å². The highest BCUT2D eigenvalue weighted by atomic mass is 19.1. The summed E-state index contributed by atoms with van der Waals surface area (Å²) in [7, 11) is 0. The molecule has 0 radical (unpaired) electrons. The fraction of sp³-hybridized carbons (Fsp3) is 0.480. The van der Waals surface area contributed by atoms with Crippen molar-refractivity contribution in [2.45, 2.75) is 51.7 Å². The number of rotatable bonds is 8. The largest absolute Gasteiger partial charge is 0.490 e. The second-order valence-electron chi connectivity index (χ2n) is 9.04. The van der Waals surface area contributed by atoms with Crippen LogP contribution in [0.1, 0.15) is 47.9 Å². The van der Waals surface area contributed by atoms with Gasteiger partial charge in [0.15, 0.2) is 11.6 Å². The molecular formula is C25H29FN2O2. The molecule has 0 unspecified atom stereocenters. The molecule has 30 heavy (non-hydrogen) atoms. The molecule has 2 aromatic carbocycles. The molecule has 0 saturated heterocycles. The molecule has 0 bridgehead atoms. The average Bonchev–Trinajstić information content (AvgIpc) is 3.66. The molecule has 2 saturated carbocycles. The standard InChI is InChI=1S/C25H29FN2O2/c26-24-22-11-12-28(15-21(22)9-10-23(24)30-16-19-5-6-19)14-18-3-1-17(2-4-18)13-27-25(29)20-7-8-20/h1-4,9-10,19-20H,5-8,11-16H2,(H,27,29). The minimum Gasteiger partial charge on any atom is -0.490 e. The number of hydrogen-bond donors (Lipinski definition) is 1. The number of nitrogens with zero attached hydrogens (tertiary/aromatic N) is 1. The van der Waals surface area contributed by atoms with Gasteiger partial charge in [-0.15, -0.1) is 0 Å². The number of nitrogens with one attached hydrogen (secondary N) is 1.